The summed E-state index contributed by atoms with van der Waals surface area (Å²) in [5.41, 5.74) is 1.89. The molecule has 0 aliphatic carbocycles. The van der Waals surface area contributed by atoms with Gasteiger partial charge in [-0.15, -0.1) is 0 Å². The number of fused-ring (bicyclic) bond motifs is 3. The molecule has 2 heterocycles. The van der Waals surface area contributed by atoms with Crippen molar-refractivity contribution in [2.24, 2.45) is 0 Å². The van der Waals surface area contributed by atoms with E-state index in [1.165, 1.54) is 12.3 Å². The molecule has 0 unspecified atom stereocenters. The van der Waals surface area contributed by atoms with Crippen LogP contribution in [-0.2, 0) is 14.6 Å². The van der Waals surface area contributed by atoms with E-state index in [1.54, 1.807) is 30.3 Å². The number of nitrogens with one attached hydrogen (secondary N) is 2. The summed E-state index contributed by atoms with van der Waals surface area (Å²) in [5, 5.41) is 1.07. The van der Waals surface area contributed by atoms with Gasteiger partial charge in [-0.25, -0.2) is 13.2 Å². The summed E-state index contributed by atoms with van der Waals surface area (Å²) >= 11 is 0. The van der Waals surface area contributed by atoms with Gasteiger partial charge in [0, 0.05) is 23.4 Å². The first-order valence-corrected chi connectivity index (χ1v) is 11.5. The quantitative estimate of drug-likeness (QED) is 0.453. The molecular formula is C22H20N2O6S. The third-order valence-electron chi connectivity index (χ3n) is 4.82. The molecular weight excluding hydrogens is 420 g/mol. The van der Waals surface area contributed by atoms with Crippen LogP contribution < -0.4 is 10.3 Å². The average molecular weight is 440 g/mol. The minimum Gasteiger partial charge on any atom is -0.434 e. The lowest BCUT2D eigenvalue weighted by molar-refractivity contribution is 0.0997. The Morgan fingerprint density at radius 2 is 1.87 bits per heavy atom. The normalized spacial score (nSPS) is 11.7. The number of hydrogen-bond donors (Lipinski definition) is 2. The molecule has 0 bridgehead atoms. The number of aromatic nitrogens is 2. The highest BCUT2D eigenvalue weighted by molar-refractivity contribution is 7.90. The molecule has 0 saturated heterocycles. The van der Waals surface area contributed by atoms with Gasteiger partial charge in [-0.3, -0.25) is 4.79 Å². The van der Waals surface area contributed by atoms with Crippen LogP contribution in [0.4, 0.5) is 4.79 Å². The van der Waals surface area contributed by atoms with Gasteiger partial charge in [-0.2, -0.15) is 0 Å². The van der Waals surface area contributed by atoms with Crippen LogP contribution in [0.2, 0.25) is 0 Å². The lowest BCUT2D eigenvalue weighted by Gasteiger charge is -2.08. The second-order valence-electron chi connectivity index (χ2n) is 7.12. The van der Waals surface area contributed by atoms with E-state index >= 15 is 0 Å². The van der Waals surface area contributed by atoms with E-state index < -0.39 is 16.0 Å². The highest BCUT2D eigenvalue weighted by atomic mass is 32.2. The molecule has 0 saturated carbocycles. The first kappa shape index (κ1) is 20.7. The second kappa shape index (κ2) is 7.92. The number of rotatable bonds is 5. The Morgan fingerprint density at radius 1 is 1.10 bits per heavy atom. The van der Waals surface area contributed by atoms with E-state index in [0.29, 0.717) is 28.3 Å². The molecule has 2 aromatic carbocycles. The molecule has 0 fully saturated rings. The number of carbonyl (C=O) groups is 1. The fraction of sp³-hybridized carbons (Fsp3) is 0.182. The number of ether oxygens (including phenoxy) is 2. The van der Waals surface area contributed by atoms with Crippen molar-refractivity contribution in [1.29, 1.82) is 0 Å². The Labute approximate surface area is 177 Å². The Bertz CT molecular complexity index is 1470. The predicted octanol–water partition coefficient (Wildman–Crippen LogP) is 4.01. The zero-order chi connectivity index (χ0) is 22.2. The van der Waals surface area contributed by atoms with Gasteiger partial charge in [0.25, 0.3) is 5.56 Å². The number of H-pyrrole nitrogens is 2. The Balaban J connectivity index is 1.88. The maximum Gasteiger partial charge on any atom is 0.513 e. The maximum absolute atomic E-state index is 12.4. The molecule has 0 aliphatic rings. The summed E-state index contributed by atoms with van der Waals surface area (Å²) in [6.45, 7) is 2.09. The monoisotopic (exact) mass is 440 g/mol. The van der Waals surface area contributed by atoms with Crippen molar-refractivity contribution in [2.75, 3.05) is 12.9 Å². The molecule has 2 aromatic heterocycles. The minimum atomic E-state index is -3.36. The van der Waals surface area contributed by atoms with Crippen molar-refractivity contribution in [3.63, 3.8) is 0 Å². The minimum absolute atomic E-state index is 0.175. The van der Waals surface area contributed by atoms with Crippen molar-refractivity contribution in [1.82, 2.24) is 9.97 Å². The van der Waals surface area contributed by atoms with Crippen molar-refractivity contribution < 1.29 is 22.7 Å². The summed E-state index contributed by atoms with van der Waals surface area (Å²) < 4.78 is 34.1. The molecule has 0 radical (unpaired) electrons. The number of aromatic amines is 2. The van der Waals surface area contributed by atoms with Gasteiger partial charge in [0.2, 0.25) is 0 Å². The molecule has 0 atom stereocenters. The van der Waals surface area contributed by atoms with Gasteiger partial charge in [0.1, 0.15) is 5.52 Å². The fourth-order valence-corrected chi connectivity index (χ4v) is 4.03. The van der Waals surface area contributed by atoms with Gasteiger partial charge in [-0.05, 0) is 41.8 Å². The first-order chi connectivity index (χ1) is 14.8. The molecule has 4 rings (SSSR count). The number of hydrogen-bond acceptors (Lipinski definition) is 6. The van der Waals surface area contributed by atoms with Crippen LogP contribution in [0.5, 0.6) is 5.75 Å². The molecule has 160 valence electrons. The van der Waals surface area contributed by atoms with Crippen molar-refractivity contribution in [3.8, 4) is 16.9 Å². The molecule has 8 nitrogen and oxygen atoms in total. The Hall–Kier alpha value is -3.59. The van der Waals surface area contributed by atoms with Gasteiger partial charge in [-0.1, -0.05) is 25.1 Å². The Morgan fingerprint density at radius 3 is 2.61 bits per heavy atom. The summed E-state index contributed by atoms with van der Waals surface area (Å²) in [6.07, 6.45) is 2.39. The third kappa shape index (κ3) is 4.04. The van der Waals surface area contributed by atoms with E-state index in [9.17, 15) is 18.0 Å². The van der Waals surface area contributed by atoms with Crippen LogP contribution in [0.25, 0.3) is 32.9 Å². The van der Waals surface area contributed by atoms with Crippen molar-refractivity contribution >= 4 is 37.8 Å². The molecule has 31 heavy (non-hydrogen) atoms. The largest absolute Gasteiger partial charge is 0.513 e. The first-order valence-electron chi connectivity index (χ1n) is 9.60. The SMILES string of the molecule is CCCOC(=O)Oc1c[nH]c2c(=O)[nH]c3ccc(-c4cccc(S(C)(=O)=O)c4)cc3c12. The third-order valence-corrected chi connectivity index (χ3v) is 5.93. The topological polar surface area (TPSA) is 118 Å². The highest BCUT2D eigenvalue weighted by Crippen LogP contribution is 2.33. The maximum atomic E-state index is 12.4. The summed E-state index contributed by atoms with van der Waals surface area (Å²) in [5.74, 6) is 0.175. The lowest BCUT2D eigenvalue weighted by Crippen LogP contribution is -2.11. The van der Waals surface area contributed by atoms with Crippen LogP contribution in [0.15, 0.2) is 58.4 Å². The van der Waals surface area contributed by atoms with Crippen LogP contribution in [-0.4, -0.2) is 37.4 Å². The molecule has 9 heteroatoms. The van der Waals surface area contributed by atoms with E-state index in [0.717, 1.165) is 11.8 Å². The number of sulfone groups is 1. The predicted molar refractivity (Wildman–Crippen MR) is 117 cm³/mol. The van der Waals surface area contributed by atoms with Crippen LogP contribution in [0.1, 0.15) is 13.3 Å². The van der Waals surface area contributed by atoms with E-state index in [4.69, 9.17) is 9.47 Å². The zero-order valence-electron chi connectivity index (χ0n) is 16.9. The standard InChI is InChI=1S/C22H20N2O6S/c1-3-9-29-22(26)30-18-12-23-20-19(18)16-11-14(7-8-17(16)24-21(20)25)13-5-4-6-15(10-13)31(2,27)28/h4-8,10-12,23H,3,9H2,1-2H3,(H,24,25). The van der Waals surface area contributed by atoms with Crippen LogP contribution in [0.3, 0.4) is 0 Å². The zero-order valence-corrected chi connectivity index (χ0v) is 17.7. The van der Waals surface area contributed by atoms with E-state index in [1.807, 2.05) is 13.0 Å². The molecule has 0 aliphatic heterocycles. The van der Waals surface area contributed by atoms with Crippen molar-refractivity contribution in [3.05, 3.63) is 59.0 Å². The second-order valence-corrected chi connectivity index (χ2v) is 9.13. The van der Waals surface area contributed by atoms with E-state index in [-0.39, 0.29) is 28.3 Å². The lowest BCUT2D eigenvalue weighted by atomic mass is 10.0. The summed E-state index contributed by atoms with van der Waals surface area (Å²) in [7, 11) is -3.36. The Kier molecular flexibility index (Phi) is 5.28. The van der Waals surface area contributed by atoms with Crippen LogP contribution >= 0.6 is 0 Å². The number of pyridine rings is 1. The van der Waals surface area contributed by atoms with Gasteiger partial charge in [0.15, 0.2) is 15.6 Å². The smallest absolute Gasteiger partial charge is 0.434 e. The van der Waals surface area contributed by atoms with Gasteiger partial charge >= 0.3 is 6.16 Å². The number of carbonyl (C=O) groups excluding carboxylic acids is 1. The van der Waals surface area contributed by atoms with Crippen LogP contribution in [0, 0.1) is 0 Å². The summed E-state index contributed by atoms with van der Waals surface area (Å²) in [4.78, 5) is 30.2. The number of benzene rings is 2. The molecule has 4 aromatic rings. The highest BCUT2D eigenvalue weighted by Gasteiger charge is 2.17. The fourth-order valence-electron chi connectivity index (χ4n) is 3.37. The van der Waals surface area contributed by atoms with Gasteiger partial charge < -0.3 is 19.4 Å². The molecule has 0 spiro atoms. The average Bonchev–Trinajstić information content (AvgIpc) is 3.16. The summed E-state index contributed by atoms with van der Waals surface area (Å²) in [6, 6.07) is 11.9. The molecule has 2 N–H and O–H groups in total. The van der Waals surface area contributed by atoms with Gasteiger partial charge in [0.05, 0.1) is 16.9 Å². The van der Waals surface area contributed by atoms with Crippen molar-refractivity contribution in [2.45, 2.75) is 18.2 Å². The van der Waals surface area contributed by atoms with E-state index in [2.05, 4.69) is 9.97 Å². The molecule has 0 amide bonds.